The lowest BCUT2D eigenvalue weighted by atomic mass is 9.88. The predicted octanol–water partition coefficient (Wildman–Crippen LogP) is 2.53. The van der Waals surface area contributed by atoms with Crippen molar-refractivity contribution in [1.82, 2.24) is 0 Å². The molecular weight excluding hydrogens is 334 g/mol. The number of anilines is 1. The van der Waals surface area contributed by atoms with Crippen molar-refractivity contribution >= 4 is 17.4 Å². The average molecular weight is 355 g/mol. The summed E-state index contributed by atoms with van der Waals surface area (Å²) in [5, 5.41) is 11.1. The van der Waals surface area contributed by atoms with Crippen LogP contribution >= 0.6 is 0 Å². The van der Waals surface area contributed by atoms with Crippen LogP contribution in [0.15, 0.2) is 42.5 Å². The van der Waals surface area contributed by atoms with E-state index in [-0.39, 0.29) is 12.2 Å². The molecule has 0 aliphatic carbocycles. The monoisotopic (exact) mass is 355 g/mol. The van der Waals surface area contributed by atoms with Crippen LogP contribution in [-0.4, -0.2) is 37.6 Å². The third-order valence-corrected chi connectivity index (χ3v) is 4.68. The van der Waals surface area contributed by atoms with E-state index < -0.39 is 11.5 Å². The molecule has 0 saturated carbocycles. The first kappa shape index (κ1) is 17.9. The number of methoxy groups -OCH3 is 2. The number of likely N-dealkylation sites (N-methyl/N-ethyl adjacent to an activating group) is 1. The van der Waals surface area contributed by atoms with Gasteiger partial charge in [-0.2, -0.15) is 0 Å². The summed E-state index contributed by atoms with van der Waals surface area (Å²) in [6.45, 7) is 2.24. The summed E-state index contributed by atoms with van der Waals surface area (Å²) in [6.07, 6.45) is -0.359. The van der Waals surface area contributed by atoms with Crippen LogP contribution in [0.2, 0.25) is 0 Å². The normalized spacial score (nSPS) is 18.6. The number of para-hydroxylation sites is 1. The molecule has 0 bridgehead atoms. The molecule has 0 radical (unpaired) electrons. The molecule has 0 saturated heterocycles. The van der Waals surface area contributed by atoms with Crippen molar-refractivity contribution in [2.45, 2.75) is 18.9 Å². The Morgan fingerprint density at radius 1 is 1.15 bits per heavy atom. The van der Waals surface area contributed by atoms with Gasteiger partial charge in [0.2, 0.25) is 0 Å². The number of benzene rings is 2. The minimum atomic E-state index is -1.88. The summed E-state index contributed by atoms with van der Waals surface area (Å²) in [7, 11) is 2.97. The maximum absolute atomic E-state index is 12.9. The van der Waals surface area contributed by atoms with E-state index in [1.165, 1.54) is 19.1 Å². The minimum Gasteiger partial charge on any atom is -0.497 e. The SMILES string of the molecule is CCN1C(=O)[C@@](O)(CC(=O)c2ccc(OC)cc2OC)c2ccccc21. The molecule has 3 rings (SSSR count). The standard InChI is InChI=1S/C20H21NO5/c1-4-21-16-8-6-5-7-15(16)20(24,19(21)23)12-17(22)14-10-9-13(25-2)11-18(14)26-3/h5-11,24H,4,12H2,1-3H3/t20-/m1/s1. The van der Waals surface area contributed by atoms with Crippen molar-refractivity contribution in [2.75, 3.05) is 25.7 Å². The molecular formula is C20H21NO5. The quantitative estimate of drug-likeness (QED) is 0.806. The topological polar surface area (TPSA) is 76.1 Å². The number of ketones is 1. The lowest BCUT2D eigenvalue weighted by Crippen LogP contribution is -2.41. The first-order chi connectivity index (χ1) is 12.5. The van der Waals surface area contributed by atoms with Gasteiger partial charge in [-0.05, 0) is 25.1 Å². The Hall–Kier alpha value is -2.86. The molecule has 2 aromatic carbocycles. The smallest absolute Gasteiger partial charge is 0.264 e. The fraction of sp³-hybridized carbons (Fsp3) is 0.300. The van der Waals surface area contributed by atoms with Crippen molar-refractivity contribution in [3.8, 4) is 11.5 Å². The van der Waals surface area contributed by atoms with Crippen LogP contribution in [0.3, 0.4) is 0 Å². The van der Waals surface area contributed by atoms with Crippen molar-refractivity contribution in [3.05, 3.63) is 53.6 Å². The second-order valence-corrected chi connectivity index (χ2v) is 6.09. The van der Waals surface area contributed by atoms with E-state index in [0.717, 1.165) is 0 Å². The van der Waals surface area contributed by atoms with Gasteiger partial charge in [0.05, 0.1) is 31.9 Å². The Balaban J connectivity index is 1.98. The number of ether oxygens (including phenoxy) is 2. The number of rotatable bonds is 6. The summed E-state index contributed by atoms with van der Waals surface area (Å²) in [6, 6.07) is 11.8. The van der Waals surface area contributed by atoms with Crippen molar-refractivity contribution in [1.29, 1.82) is 0 Å². The molecule has 6 heteroatoms. The highest BCUT2D eigenvalue weighted by Crippen LogP contribution is 2.43. The van der Waals surface area contributed by atoms with E-state index in [0.29, 0.717) is 34.9 Å². The number of carbonyl (C=O) groups excluding carboxylic acids is 2. The minimum absolute atomic E-state index is 0.293. The Morgan fingerprint density at radius 3 is 2.54 bits per heavy atom. The van der Waals surface area contributed by atoms with Gasteiger partial charge in [0.25, 0.3) is 5.91 Å². The number of carbonyl (C=O) groups is 2. The average Bonchev–Trinajstić information content (AvgIpc) is 2.88. The Bertz CT molecular complexity index is 863. The highest BCUT2D eigenvalue weighted by atomic mass is 16.5. The van der Waals surface area contributed by atoms with Crippen LogP contribution in [0.5, 0.6) is 11.5 Å². The van der Waals surface area contributed by atoms with Gasteiger partial charge in [0, 0.05) is 18.2 Å². The maximum Gasteiger partial charge on any atom is 0.264 e. The molecule has 6 nitrogen and oxygen atoms in total. The number of hydrogen-bond acceptors (Lipinski definition) is 5. The van der Waals surface area contributed by atoms with Gasteiger partial charge in [-0.1, -0.05) is 18.2 Å². The van der Waals surface area contributed by atoms with Gasteiger partial charge in [-0.25, -0.2) is 0 Å². The Kier molecular flexibility index (Phi) is 4.70. The van der Waals surface area contributed by atoms with Crippen molar-refractivity contribution < 1.29 is 24.2 Å². The first-order valence-corrected chi connectivity index (χ1v) is 8.35. The predicted molar refractivity (Wildman–Crippen MR) is 96.9 cm³/mol. The summed E-state index contributed by atoms with van der Waals surface area (Å²) in [5.74, 6) is 0.0238. The number of hydrogen-bond donors (Lipinski definition) is 1. The molecule has 1 heterocycles. The van der Waals surface area contributed by atoms with Crippen LogP contribution in [0.25, 0.3) is 0 Å². The lowest BCUT2D eigenvalue weighted by Gasteiger charge is -2.22. The van der Waals surface area contributed by atoms with Crippen LogP contribution in [-0.2, 0) is 10.4 Å². The molecule has 1 aliphatic rings. The zero-order valence-electron chi connectivity index (χ0n) is 15.0. The van der Waals surface area contributed by atoms with E-state index in [1.807, 2.05) is 6.92 Å². The van der Waals surface area contributed by atoms with Crippen LogP contribution in [0, 0.1) is 0 Å². The van der Waals surface area contributed by atoms with Gasteiger partial charge in [0.15, 0.2) is 11.4 Å². The largest absolute Gasteiger partial charge is 0.497 e. The van der Waals surface area contributed by atoms with E-state index in [2.05, 4.69) is 0 Å². The van der Waals surface area contributed by atoms with Gasteiger partial charge in [-0.3, -0.25) is 9.59 Å². The number of Topliss-reactive ketones (excluding diaryl/α,β-unsaturated/α-hetero) is 1. The number of fused-ring (bicyclic) bond motifs is 1. The third-order valence-electron chi connectivity index (χ3n) is 4.68. The Labute approximate surface area is 152 Å². The van der Waals surface area contributed by atoms with Crippen LogP contribution in [0.4, 0.5) is 5.69 Å². The van der Waals surface area contributed by atoms with Crippen LogP contribution in [0.1, 0.15) is 29.3 Å². The lowest BCUT2D eigenvalue weighted by molar-refractivity contribution is -0.135. The molecule has 1 atom stereocenters. The van der Waals surface area contributed by atoms with Gasteiger partial charge < -0.3 is 19.5 Å². The van der Waals surface area contributed by atoms with E-state index in [4.69, 9.17) is 9.47 Å². The number of nitrogens with zero attached hydrogens (tertiary/aromatic N) is 1. The molecule has 136 valence electrons. The highest BCUT2D eigenvalue weighted by Gasteiger charge is 2.50. The molecule has 0 fully saturated rings. The molecule has 0 aromatic heterocycles. The zero-order valence-corrected chi connectivity index (χ0v) is 15.0. The molecule has 0 spiro atoms. The van der Waals surface area contributed by atoms with E-state index in [9.17, 15) is 14.7 Å². The fourth-order valence-electron chi connectivity index (χ4n) is 3.35. The Morgan fingerprint density at radius 2 is 1.88 bits per heavy atom. The highest BCUT2D eigenvalue weighted by molar-refractivity contribution is 6.11. The molecule has 1 N–H and O–H groups in total. The van der Waals surface area contributed by atoms with Gasteiger partial charge in [0.1, 0.15) is 11.5 Å². The molecule has 0 unspecified atom stereocenters. The molecule has 1 amide bonds. The van der Waals surface area contributed by atoms with Crippen molar-refractivity contribution in [2.24, 2.45) is 0 Å². The molecule has 2 aromatic rings. The van der Waals surface area contributed by atoms with Crippen LogP contribution < -0.4 is 14.4 Å². The second-order valence-electron chi connectivity index (χ2n) is 6.09. The fourth-order valence-corrected chi connectivity index (χ4v) is 3.35. The summed E-state index contributed by atoms with van der Waals surface area (Å²) in [5.41, 5.74) is -0.499. The van der Waals surface area contributed by atoms with E-state index >= 15 is 0 Å². The van der Waals surface area contributed by atoms with E-state index in [1.54, 1.807) is 42.5 Å². The summed E-state index contributed by atoms with van der Waals surface area (Å²) in [4.78, 5) is 27.2. The third kappa shape index (κ3) is 2.72. The zero-order chi connectivity index (χ0) is 18.9. The molecule has 26 heavy (non-hydrogen) atoms. The molecule has 1 aliphatic heterocycles. The summed E-state index contributed by atoms with van der Waals surface area (Å²) < 4.78 is 10.4. The van der Waals surface area contributed by atoms with Gasteiger partial charge in [-0.15, -0.1) is 0 Å². The maximum atomic E-state index is 12.9. The number of aliphatic hydroxyl groups is 1. The van der Waals surface area contributed by atoms with Crippen molar-refractivity contribution in [3.63, 3.8) is 0 Å². The second kappa shape index (κ2) is 6.80. The summed E-state index contributed by atoms with van der Waals surface area (Å²) >= 11 is 0. The van der Waals surface area contributed by atoms with Gasteiger partial charge >= 0.3 is 0 Å². The number of amides is 1. The first-order valence-electron chi connectivity index (χ1n) is 8.35.